The minimum absolute atomic E-state index is 0.0803. The third kappa shape index (κ3) is 4.42. The van der Waals surface area contributed by atoms with E-state index in [9.17, 15) is 4.79 Å². The van der Waals surface area contributed by atoms with Gasteiger partial charge < -0.3 is 15.8 Å². The van der Waals surface area contributed by atoms with Gasteiger partial charge in [-0.15, -0.1) is 0 Å². The van der Waals surface area contributed by atoms with Gasteiger partial charge in [-0.2, -0.15) is 5.10 Å². The Balaban J connectivity index is 1.56. The second-order valence-corrected chi connectivity index (χ2v) is 8.79. The van der Waals surface area contributed by atoms with Crippen LogP contribution in [0, 0.1) is 0 Å². The minimum atomic E-state index is -0.127. The van der Waals surface area contributed by atoms with Crippen LogP contribution in [0.15, 0.2) is 54.6 Å². The third-order valence-electron chi connectivity index (χ3n) is 5.33. The summed E-state index contributed by atoms with van der Waals surface area (Å²) in [6.45, 7) is 6.35. The summed E-state index contributed by atoms with van der Waals surface area (Å²) in [5.74, 6) is 1.10. The van der Waals surface area contributed by atoms with Crippen molar-refractivity contribution < 1.29 is 9.53 Å². The lowest BCUT2D eigenvalue weighted by atomic mass is 9.89. The second-order valence-electron chi connectivity index (χ2n) is 8.79. The maximum atomic E-state index is 12.5. The number of benzene rings is 2. The summed E-state index contributed by atoms with van der Waals surface area (Å²) in [4.78, 5) is 17.1. The van der Waals surface area contributed by atoms with Crippen molar-refractivity contribution in [2.75, 3.05) is 18.2 Å². The topological polar surface area (TPSA) is 106 Å². The minimum Gasteiger partial charge on any atom is -0.497 e. The molecule has 0 saturated heterocycles. The molecule has 0 aliphatic rings. The summed E-state index contributed by atoms with van der Waals surface area (Å²) in [6, 6.07) is 17.2. The highest BCUT2D eigenvalue weighted by Gasteiger charge is 2.21. The van der Waals surface area contributed by atoms with Crippen LogP contribution in [0.2, 0.25) is 0 Å². The van der Waals surface area contributed by atoms with Gasteiger partial charge in [-0.3, -0.25) is 9.89 Å². The average molecular weight is 430 g/mol. The van der Waals surface area contributed by atoms with Crippen molar-refractivity contribution in [3.05, 3.63) is 65.9 Å². The molecule has 4 N–H and O–H groups in total. The maximum absolute atomic E-state index is 12.5. The van der Waals surface area contributed by atoms with Gasteiger partial charge in [0, 0.05) is 16.8 Å². The number of H-pyrrole nitrogens is 1. The number of aromatic nitrogens is 3. The molecule has 164 valence electrons. The Labute approximate surface area is 187 Å². The number of nitrogens with one attached hydrogen (secondary N) is 2. The average Bonchev–Trinajstić information content (AvgIpc) is 3.14. The van der Waals surface area contributed by atoms with Crippen molar-refractivity contribution in [3.63, 3.8) is 0 Å². The second kappa shape index (κ2) is 8.34. The number of nitrogen functional groups attached to an aromatic ring is 1. The first-order valence-electron chi connectivity index (χ1n) is 10.4. The molecule has 2 aromatic carbocycles. The number of methoxy groups -OCH3 is 1. The van der Waals surface area contributed by atoms with Gasteiger partial charge in [0.1, 0.15) is 5.75 Å². The largest absolute Gasteiger partial charge is 0.497 e. The van der Waals surface area contributed by atoms with Crippen molar-refractivity contribution in [1.29, 1.82) is 0 Å². The molecule has 0 unspecified atom stereocenters. The van der Waals surface area contributed by atoms with E-state index in [4.69, 9.17) is 15.5 Å². The van der Waals surface area contributed by atoms with Crippen molar-refractivity contribution >= 4 is 28.4 Å². The molecule has 4 rings (SSSR count). The zero-order valence-electron chi connectivity index (χ0n) is 18.7. The summed E-state index contributed by atoms with van der Waals surface area (Å²) in [5.41, 5.74) is 11.2. The molecule has 4 aromatic rings. The quantitative estimate of drug-likeness (QED) is 0.427. The fourth-order valence-electron chi connectivity index (χ4n) is 3.53. The van der Waals surface area contributed by atoms with E-state index in [1.807, 2.05) is 48.5 Å². The SMILES string of the molecule is COc1ccc(CC(=O)Nc2ccc(-c3cc(C(C)(C)C)nc4[nH]nc(N)c34)cc2)cc1. The summed E-state index contributed by atoms with van der Waals surface area (Å²) >= 11 is 0. The number of carbonyl (C=O) groups is 1. The molecule has 32 heavy (non-hydrogen) atoms. The molecule has 0 atom stereocenters. The number of anilines is 2. The van der Waals surface area contributed by atoms with Crippen molar-refractivity contribution in [2.45, 2.75) is 32.6 Å². The number of rotatable bonds is 5. The van der Waals surface area contributed by atoms with Crippen molar-refractivity contribution in [1.82, 2.24) is 15.2 Å². The van der Waals surface area contributed by atoms with E-state index in [1.165, 1.54) is 0 Å². The Morgan fingerprint density at radius 2 is 1.78 bits per heavy atom. The monoisotopic (exact) mass is 429 g/mol. The van der Waals surface area contributed by atoms with Crippen LogP contribution in [-0.2, 0) is 16.6 Å². The Morgan fingerprint density at radius 1 is 1.09 bits per heavy atom. The van der Waals surface area contributed by atoms with Gasteiger partial charge in [-0.1, -0.05) is 45.0 Å². The van der Waals surface area contributed by atoms with E-state index >= 15 is 0 Å². The lowest BCUT2D eigenvalue weighted by Gasteiger charge is -2.19. The summed E-state index contributed by atoms with van der Waals surface area (Å²) < 4.78 is 5.15. The highest BCUT2D eigenvalue weighted by molar-refractivity contribution is 6.00. The number of nitrogens with two attached hydrogens (primary N) is 1. The molecule has 0 saturated carbocycles. The van der Waals surface area contributed by atoms with Gasteiger partial charge in [0.25, 0.3) is 0 Å². The van der Waals surface area contributed by atoms with Gasteiger partial charge in [0.2, 0.25) is 5.91 Å². The standard InChI is InChI=1S/C25H27N5O2/c1-25(2,3)20-14-19(22-23(26)29-30-24(22)28-20)16-7-9-17(10-8-16)27-21(31)13-15-5-11-18(32-4)12-6-15/h5-12,14H,13H2,1-4H3,(H,27,31)(H3,26,28,29,30). The molecular formula is C25H27N5O2. The van der Waals surface area contributed by atoms with Gasteiger partial charge in [0.05, 0.1) is 18.9 Å². The van der Waals surface area contributed by atoms with Crippen LogP contribution in [0.1, 0.15) is 32.0 Å². The molecule has 2 aromatic heterocycles. The van der Waals surface area contributed by atoms with Crippen LogP contribution in [0.3, 0.4) is 0 Å². The molecule has 7 heteroatoms. The van der Waals surface area contributed by atoms with Crippen LogP contribution >= 0.6 is 0 Å². The molecule has 0 aliphatic heterocycles. The van der Waals surface area contributed by atoms with E-state index < -0.39 is 0 Å². The molecule has 0 radical (unpaired) electrons. The Bertz CT molecular complexity index is 1250. The Hall–Kier alpha value is -3.87. The van der Waals surface area contributed by atoms with Crippen molar-refractivity contribution in [2.24, 2.45) is 0 Å². The van der Waals surface area contributed by atoms with E-state index in [0.717, 1.165) is 39.2 Å². The first-order valence-corrected chi connectivity index (χ1v) is 10.4. The third-order valence-corrected chi connectivity index (χ3v) is 5.33. The fraction of sp³-hybridized carbons (Fsp3) is 0.240. The van der Waals surface area contributed by atoms with Crippen LogP contribution in [-0.4, -0.2) is 28.2 Å². The molecule has 0 fully saturated rings. The first kappa shape index (κ1) is 21.4. The highest BCUT2D eigenvalue weighted by Crippen LogP contribution is 2.34. The van der Waals surface area contributed by atoms with Gasteiger partial charge >= 0.3 is 0 Å². The number of pyridine rings is 1. The van der Waals surface area contributed by atoms with E-state index in [2.05, 4.69) is 42.4 Å². The van der Waals surface area contributed by atoms with Gasteiger partial charge in [0.15, 0.2) is 11.5 Å². The summed E-state index contributed by atoms with van der Waals surface area (Å²) in [6.07, 6.45) is 0.289. The maximum Gasteiger partial charge on any atom is 0.228 e. The first-order chi connectivity index (χ1) is 15.2. The number of fused-ring (bicyclic) bond motifs is 1. The molecule has 1 amide bonds. The molecule has 0 bridgehead atoms. The molecule has 0 aliphatic carbocycles. The normalized spacial score (nSPS) is 11.5. The number of hydrogen-bond acceptors (Lipinski definition) is 5. The molecule has 7 nitrogen and oxygen atoms in total. The highest BCUT2D eigenvalue weighted by atomic mass is 16.5. The number of aromatic amines is 1. The lowest BCUT2D eigenvalue weighted by molar-refractivity contribution is -0.115. The lowest BCUT2D eigenvalue weighted by Crippen LogP contribution is -2.14. The van der Waals surface area contributed by atoms with E-state index in [0.29, 0.717) is 11.5 Å². The van der Waals surface area contributed by atoms with Crippen LogP contribution in [0.5, 0.6) is 5.75 Å². The fourth-order valence-corrected chi connectivity index (χ4v) is 3.53. The summed E-state index contributed by atoms with van der Waals surface area (Å²) in [5, 5.41) is 10.8. The van der Waals surface area contributed by atoms with Crippen LogP contribution in [0.25, 0.3) is 22.2 Å². The molecule has 2 heterocycles. The van der Waals surface area contributed by atoms with Crippen LogP contribution < -0.4 is 15.8 Å². The van der Waals surface area contributed by atoms with Gasteiger partial charge in [-0.25, -0.2) is 4.98 Å². The summed E-state index contributed by atoms with van der Waals surface area (Å²) in [7, 11) is 1.62. The van der Waals surface area contributed by atoms with E-state index in [1.54, 1.807) is 7.11 Å². The number of hydrogen-bond donors (Lipinski definition) is 3. The van der Waals surface area contributed by atoms with Crippen LogP contribution in [0.4, 0.5) is 11.5 Å². The number of nitrogens with zero attached hydrogens (tertiary/aromatic N) is 2. The zero-order chi connectivity index (χ0) is 22.9. The molecule has 0 spiro atoms. The Kier molecular flexibility index (Phi) is 5.57. The number of carbonyl (C=O) groups excluding carboxylic acids is 1. The molecular weight excluding hydrogens is 402 g/mol. The van der Waals surface area contributed by atoms with Gasteiger partial charge in [-0.05, 0) is 47.0 Å². The Morgan fingerprint density at radius 3 is 2.41 bits per heavy atom. The smallest absolute Gasteiger partial charge is 0.228 e. The number of amides is 1. The predicted molar refractivity (Wildman–Crippen MR) is 128 cm³/mol. The zero-order valence-corrected chi connectivity index (χ0v) is 18.7. The van der Waals surface area contributed by atoms with Crippen molar-refractivity contribution in [3.8, 4) is 16.9 Å². The number of ether oxygens (including phenoxy) is 1. The predicted octanol–water partition coefficient (Wildman–Crippen LogP) is 4.69. The van der Waals surface area contributed by atoms with E-state index in [-0.39, 0.29) is 17.7 Å².